The molecule has 1 aliphatic carbocycles. The van der Waals surface area contributed by atoms with Crippen LogP contribution in [0.3, 0.4) is 0 Å². The van der Waals surface area contributed by atoms with Crippen LogP contribution in [0.5, 0.6) is 5.88 Å². The molecule has 1 fully saturated rings. The highest BCUT2D eigenvalue weighted by Crippen LogP contribution is 2.32. The fourth-order valence-electron chi connectivity index (χ4n) is 1.53. The predicted octanol–water partition coefficient (Wildman–Crippen LogP) is 2.39. The minimum Gasteiger partial charge on any atom is -0.476 e. The maximum atomic E-state index is 5.86. The molecular formula is C13H14N4OS. The summed E-state index contributed by atoms with van der Waals surface area (Å²) in [6, 6.07) is 3.67. The van der Waals surface area contributed by atoms with Crippen molar-refractivity contribution >= 4 is 17.4 Å². The highest BCUT2D eigenvalue weighted by atomic mass is 32.2. The van der Waals surface area contributed by atoms with Gasteiger partial charge in [-0.1, -0.05) is 0 Å². The van der Waals surface area contributed by atoms with Gasteiger partial charge in [0, 0.05) is 12.4 Å². The Kier molecular flexibility index (Phi) is 3.50. The van der Waals surface area contributed by atoms with Crippen molar-refractivity contribution in [2.75, 3.05) is 12.3 Å². The summed E-state index contributed by atoms with van der Waals surface area (Å²) in [5, 5.41) is 1.61. The number of nitrogen functional groups attached to an aromatic ring is 1. The first-order valence-corrected chi connectivity index (χ1v) is 6.96. The van der Waals surface area contributed by atoms with Crippen LogP contribution < -0.4 is 10.5 Å². The van der Waals surface area contributed by atoms with Gasteiger partial charge in [-0.3, -0.25) is 4.98 Å². The molecule has 0 spiro atoms. The SMILES string of the molecule is Nc1ccc(Sc2cnccn2)nc1OCC1CC1. The zero-order valence-electron chi connectivity index (χ0n) is 10.3. The van der Waals surface area contributed by atoms with Gasteiger partial charge in [-0.2, -0.15) is 0 Å². The number of ether oxygens (including phenoxy) is 1. The van der Waals surface area contributed by atoms with Crippen LogP contribution in [0.4, 0.5) is 5.69 Å². The molecule has 0 atom stereocenters. The fourth-order valence-corrected chi connectivity index (χ4v) is 2.24. The molecular weight excluding hydrogens is 260 g/mol. The van der Waals surface area contributed by atoms with Crippen molar-refractivity contribution in [1.29, 1.82) is 0 Å². The van der Waals surface area contributed by atoms with Gasteiger partial charge in [-0.05, 0) is 42.7 Å². The van der Waals surface area contributed by atoms with Gasteiger partial charge in [0.25, 0.3) is 0 Å². The summed E-state index contributed by atoms with van der Waals surface area (Å²) in [4.78, 5) is 12.6. The van der Waals surface area contributed by atoms with E-state index in [1.54, 1.807) is 18.6 Å². The van der Waals surface area contributed by atoms with Crippen molar-refractivity contribution < 1.29 is 4.74 Å². The van der Waals surface area contributed by atoms with Crippen molar-refractivity contribution in [3.05, 3.63) is 30.7 Å². The lowest BCUT2D eigenvalue weighted by Gasteiger charge is -2.08. The number of nitrogens with zero attached hydrogens (tertiary/aromatic N) is 3. The van der Waals surface area contributed by atoms with Gasteiger partial charge in [0.05, 0.1) is 18.5 Å². The van der Waals surface area contributed by atoms with Crippen LogP contribution in [0, 0.1) is 5.92 Å². The van der Waals surface area contributed by atoms with Gasteiger partial charge in [0.1, 0.15) is 10.1 Å². The molecule has 2 N–H and O–H groups in total. The lowest BCUT2D eigenvalue weighted by atomic mass is 10.4. The molecule has 0 unspecified atom stereocenters. The van der Waals surface area contributed by atoms with Crippen molar-refractivity contribution in [2.24, 2.45) is 5.92 Å². The van der Waals surface area contributed by atoms with E-state index in [1.807, 2.05) is 12.1 Å². The predicted molar refractivity (Wildman–Crippen MR) is 73.0 cm³/mol. The van der Waals surface area contributed by atoms with E-state index in [-0.39, 0.29) is 0 Å². The third-order valence-electron chi connectivity index (χ3n) is 2.77. The third-order valence-corrected chi connectivity index (χ3v) is 3.62. The minimum atomic E-state index is 0.515. The Morgan fingerprint density at radius 2 is 2.16 bits per heavy atom. The monoisotopic (exact) mass is 274 g/mol. The van der Waals surface area contributed by atoms with E-state index < -0.39 is 0 Å². The van der Waals surface area contributed by atoms with Crippen LogP contribution in [-0.2, 0) is 0 Å². The lowest BCUT2D eigenvalue weighted by molar-refractivity contribution is 0.288. The molecule has 6 heteroatoms. The van der Waals surface area contributed by atoms with Gasteiger partial charge >= 0.3 is 0 Å². The Balaban J connectivity index is 1.72. The summed E-state index contributed by atoms with van der Waals surface area (Å²) >= 11 is 1.44. The summed E-state index contributed by atoms with van der Waals surface area (Å²) in [6.07, 6.45) is 7.49. The van der Waals surface area contributed by atoms with Gasteiger partial charge in [0.15, 0.2) is 0 Å². The summed E-state index contributed by atoms with van der Waals surface area (Å²) in [5.74, 6) is 1.19. The average molecular weight is 274 g/mol. The molecule has 0 aliphatic heterocycles. The Morgan fingerprint density at radius 3 is 2.89 bits per heavy atom. The number of pyridine rings is 1. The van der Waals surface area contributed by atoms with Crippen molar-refractivity contribution in [1.82, 2.24) is 15.0 Å². The molecule has 2 aromatic heterocycles. The number of anilines is 1. The van der Waals surface area contributed by atoms with E-state index in [4.69, 9.17) is 10.5 Å². The van der Waals surface area contributed by atoms with Gasteiger partial charge in [-0.15, -0.1) is 0 Å². The Bertz CT molecular complexity index is 560. The first kappa shape index (κ1) is 12.2. The second-order valence-corrected chi connectivity index (χ2v) is 5.48. The molecule has 0 bridgehead atoms. The molecule has 3 rings (SSSR count). The molecule has 19 heavy (non-hydrogen) atoms. The molecule has 2 heterocycles. The van der Waals surface area contributed by atoms with Crippen LogP contribution >= 0.6 is 11.8 Å². The summed E-state index contributed by atoms with van der Waals surface area (Å²) in [5.41, 5.74) is 6.44. The van der Waals surface area contributed by atoms with E-state index >= 15 is 0 Å². The Morgan fingerprint density at radius 1 is 1.26 bits per heavy atom. The fraction of sp³-hybridized carbons (Fsp3) is 0.308. The smallest absolute Gasteiger partial charge is 0.238 e. The summed E-state index contributed by atoms with van der Waals surface area (Å²) < 4.78 is 5.65. The molecule has 0 radical (unpaired) electrons. The highest BCUT2D eigenvalue weighted by molar-refractivity contribution is 7.99. The van der Waals surface area contributed by atoms with Crippen molar-refractivity contribution in [3.8, 4) is 5.88 Å². The minimum absolute atomic E-state index is 0.515. The largest absolute Gasteiger partial charge is 0.476 e. The van der Waals surface area contributed by atoms with E-state index in [2.05, 4.69) is 15.0 Å². The number of aromatic nitrogens is 3. The highest BCUT2D eigenvalue weighted by Gasteiger charge is 2.22. The van der Waals surface area contributed by atoms with E-state index in [1.165, 1.54) is 24.6 Å². The van der Waals surface area contributed by atoms with E-state index in [0.29, 0.717) is 24.1 Å². The summed E-state index contributed by atoms with van der Waals surface area (Å²) in [7, 11) is 0. The first-order chi connectivity index (χ1) is 9.31. The first-order valence-electron chi connectivity index (χ1n) is 6.14. The Hall–Kier alpha value is -1.82. The number of hydrogen-bond acceptors (Lipinski definition) is 6. The van der Waals surface area contributed by atoms with E-state index in [9.17, 15) is 0 Å². The zero-order chi connectivity index (χ0) is 13.1. The zero-order valence-corrected chi connectivity index (χ0v) is 11.1. The molecule has 98 valence electrons. The second kappa shape index (κ2) is 5.44. The third kappa shape index (κ3) is 3.35. The Labute approximate surface area is 115 Å². The molecule has 1 saturated carbocycles. The molecule has 0 aromatic carbocycles. The van der Waals surface area contributed by atoms with Gasteiger partial charge in [-0.25, -0.2) is 9.97 Å². The van der Waals surface area contributed by atoms with Crippen molar-refractivity contribution in [2.45, 2.75) is 22.9 Å². The van der Waals surface area contributed by atoms with Crippen molar-refractivity contribution in [3.63, 3.8) is 0 Å². The van der Waals surface area contributed by atoms with Crippen LogP contribution in [0.15, 0.2) is 40.8 Å². The quantitative estimate of drug-likeness (QED) is 0.902. The molecule has 0 saturated heterocycles. The molecule has 1 aliphatic rings. The maximum absolute atomic E-state index is 5.86. The van der Waals surface area contributed by atoms with E-state index in [0.717, 1.165) is 10.1 Å². The molecule has 2 aromatic rings. The number of hydrogen-bond donors (Lipinski definition) is 1. The van der Waals surface area contributed by atoms with Crippen LogP contribution in [-0.4, -0.2) is 21.6 Å². The van der Waals surface area contributed by atoms with Crippen LogP contribution in [0.25, 0.3) is 0 Å². The lowest BCUT2D eigenvalue weighted by Crippen LogP contribution is -2.04. The number of rotatable bonds is 5. The van der Waals surface area contributed by atoms with Crippen LogP contribution in [0.1, 0.15) is 12.8 Å². The standard InChI is InChI=1S/C13H14N4OS/c14-10-3-4-11(19-12-7-15-5-6-16-12)17-13(10)18-8-9-1-2-9/h3-7,9H,1-2,8,14H2. The number of nitrogens with two attached hydrogens (primary N) is 1. The second-order valence-electron chi connectivity index (χ2n) is 4.44. The molecule has 5 nitrogen and oxygen atoms in total. The van der Waals surface area contributed by atoms with Gasteiger partial charge < -0.3 is 10.5 Å². The maximum Gasteiger partial charge on any atom is 0.238 e. The van der Waals surface area contributed by atoms with Gasteiger partial charge in [0.2, 0.25) is 5.88 Å². The van der Waals surface area contributed by atoms with Crippen LogP contribution in [0.2, 0.25) is 0 Å². The average Bonchev–Trinajstić information content (AvgIpc) is 3.25. The molecule has 0 amide bonds. The summed E-state index contributed by atoms with van der Waals surface area (Å²) in [6.45, 7) is 0.705. The normalized spacial score (nSPS) is 14.3. The topological polar surface area (TPSA) is 73.9 Å².